The second-order valence-electron chi connectivity index (χ2n) is 3.03. The number of rotatable bonds is 1. The lowest BCUT2D eigenvalue weighted by molar-refractivity contribution is -0.224. The van der Waals surface area contributed by atoms with E-state index in [0.29, 0.717) is 0 Å². The first kappa shape index (κ1) is 9.88. The van der Waals surface area contributed by atoms with Crippen LogP contribution in [0.15, 0.2) is 0 Å². The summed E-state index contributed by atoms with van der Waals surface area (Å²) in [6.07, 6.45) is -4.94. The molecule has 0 bridgehead atoms. The molecule has 0 aromatic rings. The fraction of sp³-hybridized carbons (Fsp3) is 1.00. The second kappa shape index (κ2) is 3.68. The zero-order chi connectivity index (χ0) is 9.30. The Hall–Kier alpha value is -0.200. The van der Waals surface area contributed by atoms with Gasteiger partial charge in [0.15, 0.2) is 0 Å². The summed E-state index contributed by atoms with van der Waals surface area (Å²) in [7, 11) is 0. The van der Waals surface area contributed by atoms with Crippen LogP contribution in [-0.2, 0) is 4.74 Å². The average molecular weight is 178 g/mol. The molecule has 0 radical (unpaired) electrons. The van der Waals surface area contributed by atoms with Gasteiger partial charge >= 0.3 is 0 Å². The van der Waals surface area contributed by atoms with Gasteiger partial charge in [-0.3, -0.25) is 0 Å². The van der Waals surface area contributed by atoms with Gasteiger partial charge in [0.25, 0.3) is 0 Å². The summed E-state index contributed by atoms with van der Waals surface area (Å²) in [4.78, 5) is 0. The summed E-state index contributed by atoms with van der Waals surface area (Å²) in [5.74, 6) is 0. The molecule has 5 heteroatoms. The maximum Gasteiger partial charge on any atom is 0.111 e. The molecule has 5 nitrogen and oxygen atoms in total. The number of ether oxygens (including phenoxy) is 1. The third kappa shape index (κ3) is 1.60. The van der Waals surface area contributed by atoms with Crippen molar-refractivity contribution in [3.63, 3.8) is 0 Å². The molecule has 12 heavy (non-hydrogen) atoms. The van der Waals surface area contributed by atoms with Crippen LogP contribution < -0.4 is 0 Å². The van der Waals surface area contributed by atoms with Gasteiger partial charge in [-0.15, -0.1) is 0 Å². The molecule has 5 atom stereocenters. The van der Waals surface area contributed by atoms with E-state index >= 15 is 0 Å². The first-order valence-electron chi connectivity index (χ1n) is 3.88. The van der Waals surface area contributed by atoms with Crippen LogP contribution >= 0.6 is 0 Å². The minimum absolute atomic E-state index is 0.366. The molecular formula is C7H14O5. The van der Waals surface area contributed by atoms with Gasteiger partial charge in [-0.2, -0.15) is 0 Å². The summed E-state index contributed by atoms with van der Waals surface area (Å²) >= 11 is 0. The Morgan fingerprint density at radius 1 is 1.08 bits per heavy atom. The van der Waals surface area contributed by atoms with Crippen LogP contribution in [0.25, 0.3) is 0 Å². The summed E-state index contributed by atoms with van der Waals surface area (Å²) in [6, 6.07) is 0. The van der Waals surface area contributed by atoms with Crippen LogP contribution in [-0.4, -0.2) is 57.6 Å². The highest BCUT2D eigenvalue weighted by Gasteiger charge is 2.41. The average Bonchev–Trinajstić information content (AvgIpc) is 2.08. The van der Waals surface area contributed by atoms with Crippen molar-refractivity contribution in [3.05, 3.63) is 0 Å². The molecule has 0 saturated carbocycles. The molecule has 0 aromatic carbocycles. The normalized spacial score (nSPS) is 49.2. The quantitative estimate of drug-likeness (QED) is 0.367. The van der Waals surface area contributed by atoms with E-state index in [0.717, 1.165) is 0 Å². The summed E-state index contributed by atoms with van der Waals surface area (Å²) in [5, 5.41) is 36.4. The van der Waals surface area contributed by atoms with Gasteiger partial charge < -0.3 is 25.2 Å². The van der Waals surface area contributed by atoms with Crippen molar-refractivity contribution in [1.29, 1.82) is 0 Å². The summed E-state index contributed by atoms with van der Waals surface area (Å²) < 4.78 is 5.02. The summed E-state index contributed by atoms with van der Waals surface area (Å²) in [5.41, 5.74) is 0. The van der Waals surface area contributed by atoms with E-state index in [1.165, 1.54) is 0 Å². The highest BCUT2D eigenvalue weighted by molar-refractivity contribution is 4.89. The zero-order valence-corrected chi connectivity index (χ0v) is 6.79. The van der Waals surface area contributed by atoms with Crippen molar-refractivity contribution in [3.8, 4) is 0 Å². The minimum Gasteiger partial charge on any atom is -0.394 e. The molecule has 3 unspecified atom stereocenters. The van der Waals surface area contributed by atoms with Gasteiger partial charge in [-0.25, -0.2) is 0 Å². The fourth-order valence-electron chi connectivity index (χ4n) is 1.29. The van der Waals surface area contributed by atoms with Crippen LogP contribution in [0.3, 0.4) is 0 Å². The van der Waals surface area contributed by atoms with Crippen LogP contribution in [0.5, 0.6) is 0 Å². The van der Waals surface area contributed by atoms with Crippen LogP contribution in [0.1, 0.15) is 6.92 Å². The number of aliphatic hydroxyl groups is 4. The number of aliphatic hydroxyl groups excluding tert-OH is 4. The molecule has 1 aliphatic rings. The van der Waals surface area contributed by atoms with Gasteiger partial charge in [0.2, 0.25) is 0 Å². The molecule has 0 amide bonds. The van der Waals surface area contributed by atoms with E-state index in [-0.39, 0.29) is 6.61 Å². The van der Waals surface area contributed by atoms with Gasteiger partial charge in [-0.1, -0.05) is 0 Å². The Bertz CT molecular complexity index is 146. The largest absolute Gasteiger partial charge is 0.394 e. The molecule has 72 valence electrons. The molecule has 4 N–H and O–H groups in total. The first-order chi connectivity index (χ1) is 5.57. The molecule has 0 spiro atoms. The number of hydrogen-bond donors (Lipinski definition) is 4. The van der Waals surface area contributed by atoms with Crippen molar-refractivity contribution < 1.29 is 25.2 Å². The van der Waals surface area contributed by atoms with Gasteiger partial charge in [0, 0.05) is 0 Å². The van der Waals surface area contributed by atoms with Gasteiger partial charge in [0.05, 0.1) is 12.7 Å². The van der Waals surface area contributed by atoms with E-state index in [4.69, 9.17) is 9.84 Å². The standard InChI is InChI=1S/C7H14O5/c1-3-5(9)7(11)6(10)4(2-8)12-3/h3-11H,2H2,1H3/t3?,4-,5-,6?,7?/m1/s1. The van der Waals surface area contributed by atoms with E-state index in [1.54, 1.807) is 6.92 Å². The Balaban J connectivity index is 2.63. The molecule has 1 rings (SSSR count). The second-order valence-corrected chi connectivity index (χ2v) is 3.03. The maximum atomic E-state index is 9.23. The smallest absolute Gasteiger partial charge is 0.111 e. The van der Waals surface area contributed by atoms with Crippen LogP contribution in [0, 0.1) is 0 Å². The molecule has 0 aliphatic carbocycles. The molecule has 1 saturated heterocycles. The van der Waals surface area contributed by atoms with Gasteiger partial charge in [-0.05, 0) is 6.92 Å². The Kier molecular flexibility index (Phi) is 3.03. The highest BCUT2D eigenvalue weighted by atomic mass is 16.5. The van der Waals surface area contributed by atoms with E-state index in [1.807, 2.05) is 0 Å². The molecular weight excluding hydrogens is 164 g/mol. The molecule has 1 fully saturated rings. The molecule has 0 aromatic heterocycles. The van der Waals surface area contributed by atoms with E-state index < -0.39 is 30.5 Å². The van der Waals surface area contributed by atoms with E-state index in [2.05, 4.69) is 0 Å². The fourth-order valence-corrected chi connectivity index (χ4v) is 1.29. The van der Waals surface area contributed by atoms with Crippen molar-refractivity contribution in [1.82, 2.24) is 0 Å². The van der Waals surface area contributed by atoms with Crippen molar-refractivity contribution in [2.45, 2.75) is 37.4 Å². The third-order valence-corrected chi connectivity index (χ3v) is 2.13. The lowest BCUT2D eigenvalue weighted by atomic mass is 9.96. The topological polar surface area (TPSA) is 90.2 Å². The van der Waals surface area contributed by atoms with Crippen LogP contribution in [0.2, 0.25) is 0 Å². The van der Waals surface area contributed by atoms with Crippen molar-refractivity contribution >= 4 is 0 Å². The van der Waals surface area contributed by atoms with Gasteiger partial charge in [0.1, 0.15) is 24.4 Å². The summed E-state index contributed by atoms with van der Waals surface area (Å²) in [6.45, 7) is 1.21. The Morgan fingerprint density at radius 2 is 1.67 bits per heavy atom. The lowest BCUT2D eigenvalue weighted by Crippen LogP contribution is -2.57. The number of hydrogen-bond acceptors (Lipinski definition) is 5. The first-order valence-corrected chi connectivity index (χ1v) is 3.88. The minimum atomic E-state index is -1.24. The third-order valence-electron chi connectivity index (χ3n) is 2.13. The maximum absolute atomic E-state index is 9.23. The monoisotopic (exact) mass is 178 g/mol. The van der Waals surface area contributed by atoms with Crippen LogP contribution in [0.4, 0.5) is 0 Å². The SMILES string of the molecule is CC1O[C@H](CO)C(O)C(O)[C@@H]1O. The van der Waals surface area contributed by atoms with Crippen molar-refractivity contribution in [2.75, 3.05) is 6.61 Å². The van der Waals surface area contributed by atoms with E-state index in [9.17, 15) is 15.3 Å². The highest BCUT2D eigenvalue weighted by Crippen LogP contribution is 2.20. The predicted molar refractivity (Wildman–Crippen MR) is 39.4 cm³/mol. The zero-order valence-electron chi connectivity index (χ0n) is 6.79. The lowest BCUT2D eigenvalue weighted by Gasteiger charge is -2.38. The van der Waals surface area contributed by atoms with Crippen molar-refractivity contribution in [2.24, 2.45) is 0 Å². The Labute approximate surface area is 70.2 Å². The Morgan fingerprint density at radius 3 is 2.17 bits per heavy atom. The predicted octanol–water partition coefficient (Wildman–Crippen LogP) is -2.15. The molecule has 1 aliphatic heterocycles. The molecule has 1 heterocycles.